The van der Waals surface area contributed by atoms with Crippen LogP contribution in [0.4, 0.5) is 0 Å². The highest BCUT2D eigenvalue weighted by molar-refractivity contribution is 6.34. The van der Waals surface area contributed by atoms with Gasteiger partial charge >= 0.3 is 0 Å². The first-order chi connectivity index (χ1) is 11.1. The van der Waals surface area contributed by atoms with E-state index in [4.69, 9.17) is 16.3 Å². The van der Waals surface area contributed by atoms with Gasteiger partial charge in [-0.25, -0.2) is 0 Å². The minimum absolute atomic E-state index is 0.0182. The monoisotopic (exact) mass is 338 g/mol. The van der Waals surface area contributed by atoms with E-state index in [0.717, 1.165) is 70.9 Å². The molecule has 0 N–H and O–H groups in total. The lowest BCUT2D eigenvalue weighted by Crippen LogP contribution is -2.60. The molecule has 7 heteroatoms. The van der Waals surface area contributed by atoms with E-state index in [-0.39, 0.29) is 11.3 Å². The molecule has 0 aliphatic carbocycles. The zero-order chi connectivity index (χ0) is 16.0. The van der Waals surface area contributed by atoms with Crippen molar-refractivity contribution in [3.8, 4) is 0 Å². The molecular weight excluding hydrogens is 316 g/mol. The zero-order valence-electron chi connectivity index (χ0n) is 13.6. The van der Waals surface area contributed by atoms with Crippen LogP contribution in [0.2, 0.25) is 5.02 Å². The predicted molar refractivity (Wildman–Crippen MR) is 86.6 cm³/mol. The third-order valence-electron chi connectivity index (χ3n) is 5.42. The molecule has 0 aromatic carbocycles. The number of aryl methyl sites for hydroxylation is 1. The largest absolute Gasteiger partial charge is 0.381 e. The fraction of sp³-hybridized carbons (Fsp3) is 0.750. The summed E-state index contributed by atoms with van der Waals surface area (Å²) >= 11 is 6.50. The lowest BCUT2D eigenvalue weighted by Gasteiger charge is -2.51. The molecule has 126 valence electrons. The summed E-state index contributed by atoms with van der Waals surface area (Å²) in [7, 11) is 2.07. The summed E-state index contributed by atoms with van der Waals surface area (Å²) in [4.78, 5) is 16.9. The molecule has 3 aliphatic rings. The number of nitrogens with zero attached hydrogens (tertiary/aromatic N) is 4. The van der Waals surface area contributed by atoms with Crippen molar-refractivity contribution in [2.24, 2.45) is 5.41 Å². The first kappa shape index (κ1) is 15.4. The first-order valence-corrected chi connectivity index (χ1v) is 8.77. The summed E-state index contributed by atoms with van der Waals surface area (Å²) in [5.74, 6) is -0.0182. The van der Waals surface area contributed by atoms with Gasteiger partial charge in [-0.3, -0.25) is 9.48 Å². The number of fused-ring (bicyclic) bond motifs is 1. The van der Waals surface area contributed by atoms with Gasteiger partial charge in [0, 0.05) is 51.4 Å². The van der Waals surface area contributed by atoms with Gasteiger partial charge in [-0.15, -0.1) is 0 Å². The van der Waals surface area contributed by atoms with E-state index < -0.39 is 0 Å². The van der Waals surface area contributed by atoms with Crippen molar-refractivity contribution >= 4 is 17.5 Å². The highest BCUT2D eigenvalue weighted by atomic mass is 35.5. The molecule has 4 rings (SSSR count). The summed E-state index contributed by atoms with van der Waals surface area (Å²) in [6.45, 7) is 5.86. The van der Waals surface area contributed by atoms with Crippen molar-refractivity contribution in [2.75, 3.05) is 39.9 Å². The number of halogens is 1. The molecule has 1 aromatic rings. The highest BCUT2D eigenvalue weighted by Gasteiger charge is 2.46. The van der Waals surface area contributed by atoms with Crippen molar-refractivity contribution in [1.29, 1.82) is 0 Å². The number of carbonyl (C=O) groups excluding carboxylic acids is 1. The molecule has 1 aromatic heterocycles. The van der Waals surface area contributed by atoms with Crippen molar-refractivity contribution in [3.63, 3.8) is 0 Å². The van der Waals surface area contributed by atoms with Crippen molar-refractivity contribution in [2.45, 2.75) is 32.4 Å². The Labute approximate surface area is 141 Å². The molecule has 3 aliphatic heterocycles. The molecule has 0 unspecified atom stereocenters. The normalized spacial score (nSPS) is 24.2. The van der Waals surface area contributed by atoms with Gasteiger partial charge in [-0.05, 0) is 26.3 Å². The summed E-state index contributed by atoms with van der Waals surface area (Å²) in [5.41, 5.74) is 1.67. The number of aromatic nitrogens is 2. The number of amides is 1. The lowest BCUT2D eigenvalue weighted by atomic mass is 9.73. The van der Waals surface area contributed by atoms with E-state index >= 15 is 0 Å². The summed E-state index contributed by atoms with van der Waals surface area (Å²) < 4.78 is 7.35. The highest BCUT2D eigenvalue weighted by Crippen LogP contribution is 2.40. The summed E-state index contributed by atoms with van der Waals surface area (Å²) in [5, 5.41) is 5.06. The van der Waals surface area contributed by atoms with E-state index in [9.17, 15) is 4.79 Å². The fourth-order valence-corrected chi connectivity index (χ4v) is 4.23. The Kier molecular flexibility index (Phi) is 3.86. The van der Waals surface area contributed by atoms with Crippen molar-refractivity contribution in [3.05, 3.63) is 16.4 Å². The smallest absolute Gasteiger partial charge is 0.275 e. The van der Waals surface area contributed by atoms with E-state index in [0.29, 0.717) is 10.7 Å². The van der Waals surface area contributed by atoms with Gasteiger partial charge in [0.1, 0.15) is 0 Å². The Hall–Kier alpha value is -1.11. The Balaban J connectivity index is 1.51. The van der Waals surface area contributed by atoms with Crippen LogP contribution in [-0.4, -0.2) is 65.4 Å². The number of rotatable bonds is 1. The Morgan fingerprint density at radius 3 is 2.74 bits per heavy atom. The summed E-state index contributed by atoms with van der Waals surface area (Å²) in [6.07, 6.45) is 3.13. The molecular formula is C16H23ClN4O2. The number of likely N-dealkylation sites (tertiary alicyclic amines) is 1. The van der Waals surface area contributed by atoms with E-state index in [2.05, 4.69) is 17.0 Å². The minimum atomic E-state index is -0.0182. The van der Waals surface area contributed by atoms with E-state index in [1.54, 1.807) is 0 Å². The lowest BCUT2D eigenvalue weighted by molar-refractivity contribution is -0.0668. The molecule has 6 nitrogen and oxygen atoms in total. The molecule has 1 amide bonds. The van der Waals surface area contributed by atoms with Gasteiger partial charge in [-0.1, -0.05) is 11.6 Å². The quantitative estimate of drug-likeness (QED) is 0.781. The Bertz CT molecular complexity index is 616. The molecule has 0 saturated carbocycles. The number of hydrogen-bond acceptors (Lipinski definition) is 4. The average molecular weight is 339 g/mol. The number of carbonyl (C=O) groups is 1. The fourth-order valence-electron chi connectivity index (χ4n) is 3.95. The minimum Gasteiger partial charge on any atom is -0.381 e. The summed E-state index contributed by atoms with van der Waals surface area (Å²) in [6, 6.07) is 0. The maximum Gasteiger partial charge on any atom is 0.275 e. The van der Waals surface area contributed by atoms with Crippen LogP contribution in [0.3, 0.4) is 0 Å². The number of ether oxygens (including phenoxy) is 1. The second-order valence-corrected chi connectivity index (χ2v) is 7.58. The molecule has 1 spiro atoms. The molecule has 0 radical (unpaired) electrons. The molecule has 0 atom stereocenters. The molecule has 0 bridgehead atoms. The van der Waals surface area contributed by atoms with Gasteiger partial charge in [0.05, 0.1) is 10.7 Å². The second kappa shape index (κ2) is 5.76. The SMILES string of the molecule is CN1CCCn2nc(C(=O)N3CC4(CCOCC4)C3)c(Cl)c2C1. The molecule has 2 saturated heterocycles. The Morgan fingerprint density at radius 1 is 1.26 bits per heavy atom. The average Bonchev–Trinajstić information content (AvgIpc) is 2.70. The second-order valence-electron chi connectivity index (χ2n) is 7.20. The van der Waals surface area contributed by atoms with Crippen LogP contribution in [-0.2, 0) is 17.8 Å². The zero-order valence-corrected chi connectivity index (χ0v) is 14.3. The number of hydrogen-bond donors (Lipinski definition) is 0. The van der Waals surface area contributed by atoms with E-state index in [1.165, 1.54) is 0 Å². The standard InChI is InChI=1S/C16H23ClN4O2/c1-19-5-2-6-21-12(9-19)13(17)14(18-21)15(22)20-10-16(11-20)3-7-23-8-4-16/h2-11H2,1H3. The maximum atomic E-state index is 12.8. The molecule has 23 heavy (non-hydrogen) atoms. The third kappa shape index (κ3) is 2.66. The first-order valence-electron chi connectivity index (χ1n) is 8.39. The topological polar surface area (TPSA) is 50.6 Å². The van der Waals surface area contributed by atoms with Gasteiger partial charge in [0.25, 0.3) is 5.91 Å². The van der Waals surface area contributed by atoms with Gasteiger partial charge in [0.2, 0.25) is 0 Å². The van der Waals surface area contributed by atoms with Crippen LogP contribution in [0.1, 0.15) is 35.4 Å². The maximum absolute atomic E-state index is 12.8. The van der Waals surface area contributed by atoms with Crippen LogP contribution in [0, 0.1) is 5.41 Å². The molecule has 4 heterocycles. The van der Waals surface area contributed by atoms with Crippen LogP contribution >= 0.6 is 11.6 Å². The molecule has 2 fully saturated rings. The van der Waals surface area contributed by atoms with E-state index in [1.807, 2.05) is 9.58 Å². The van der Waals surface area contributed by atoms with Crippen molar-refractivity contribution in [1.82, 2.24) is 19.6 Å². The van der Waals surface area contributed by atoms with Crippen molar-refractivity contribution < 1.29 is 9.53 Å². The van der Waals surface area contributed by atoms with Crippen LogP contribution in [0.15, 0.2) is 0 Å². The van der Waals surface area contributed by atoms with Crippen LogP contribution in [0.25, 0.3) is 0 Å². The predicted octanol–water partition coefficient (Wildman–Crippen LogP) is 1.62. The Morgan fingerprint density at radius 2 is 2.00 bits per heavy atom. The van der Waals surface area contributed by atoms with Gasteiger partial charge < -0.3 is 14.5 Å². The van der Waals surface area contributed by atoms with Crippen LogP contribution < -0.4 is 0 Å². The van der Waals surface area contributed by atoms with Gasteiger partial charge in [-0.2, -0.15) is 5.10 Å². The van der Waals surface area contributed by atoms with Gasteiger partial charge in [0.15, 0.2) is 5.69 Å². The van der Waals surface area contributed by atoms with Crippen LogP contribution in [0.5, 0.6) is 0 Å². The third-order valence-corrected chi connectivity index (χ3v) is 5.82.